The number of anilines is 2. The van der Waals surface area contributed by atoms with Crippen molar-refractivity contribution in [2.45, 2.75) is 33.7 Å². The van der Waals surface area contributed by atoms with Crippen LogP contribution in [0.3, 0.4) is 0 Å². The quantitative estimate of drug-likeness (QED) is 0.584. The van der Waals surface area contributed by atoms with E-state index in [0.29, 0.717) is 5.75 Å². The van der Waals surface area contributed by atoms with Gasteiger partial charge in [0.2, 0.25) is 5.91 Å². The van der Waals surface area contributed by atoms with Gasteiger partial charge in [-0.05, 0) is 91.9 Å². The number of hydrogen-bond donors (Lipinski definition) is 0. The minimum absolute atomic E-state index is 0.000906. The predicted molar refractivity (Wildman–Crippen MR) is 127 cm³/mol. The first-order valence-electron chi connectivity index (χ1n) is 10.7. The van der Waals surface area contributed by atoms with E-state index in [4.69, 9.17) is 4.74 Å². The molecule has 1 aliphatic rings. The van der Waals surface area contributed by atoms with Crippen LogP contribution in [0.4, 0.5) is 11.4 Å². The highest BCUT2D eigenvalue weighted by Crippen LogP contribution is 2.36. The molecular weight excluding hydrogens is 400 g/mol. The van der Waals surface area contributed by atoms with E-state index in [1.54, 1.807) is 16.9 Å². The molecule has 1 fully saturated rings. The molecule has 0 spiro atoms. The molecule has 5 heteroatoms. The molecule has 5 nitrogen and oxygen atoms in total. The van der Waals surface area contributed by atoms with Gasteiger partial charge in [0.15, 0.2) is 0 Å². The van der Waals surface area contributed by atoms with Gasteiger partial charge in [-0.1, -0.05) is 24.3 Å². The molecule has 0 aliphatic carbocycles. The SMILES string of the molecule is COc1ccc([C@H]2C(=O)N(c3ccc(C)c(C)c3)CC(=O)N2c2ccc(C)c(C)c2)cc1. The standard InChI is InChI=1S/C27H28N2O3/c1-17-6-10-22(14-19(17)3)28-16-25(30)29(23-11-7-18(2)20(4)15-23)26(27(28)31)21-8-12-24(32-5)13-9-21/h6-15,26H,16H2,1-5H3/t26-/m0/s1. The van der Waals surface area contributed by atoms with E-state index in [0.717, 1.165) is 39.2 Å². The van der Waals surface area contributed by atoms with Crippen molar-refractivity contribution in [3.05, 3.63) is 88.5 Å². The molecule has 164 valence electrons. The van der Waals surface area contributed by atoms with Gasteiger partial charge in [0, 0.05) is 11.4 Å². The Balaban J connectivity index is 1.82. The Kier molecular flexibility index (Phi) is 5.74. The van der Waals surface area contributed by atoms with Crippen molar-refractivity contribution in [1.29, 1.82) is 0 Å². The van der Waals surface area contributed by atoms with Crippen molar-refractivity contribution in [1.82, 2.24) is 0 Å². The number of rotatable bonds is 4. The second-order valence-corrected chi connectivity index (χ2v) is 8.40. The maximum Gasteiger partial charge on any atom is 0.255 e. The average molecular weight is 429 g/mol. The van der Waals surface area contributed by atoms with Crippen LogP contribution in [0.5, 0.6) is 5.75 Å². The second-order valence-electron chi connectivity index (χ2n) is 8.40. The van der Waals surface area contributed by atoms with Crippen molar-refractivity contribution in [2.75, 3.05) is 23.5 Å². The van der Waals surface area contributed by atoms with Crippen LogP contribution < -0.4 is 14.5 Å². The lowest BCUT2D eigenvalue weighted by Gasteiger charge is -2.40. The number of benzene rings is 3. The summed E-state index contributed by atoms with van der Waals surface area (Å²) in [5, 5.41) is 0. The average Bonchev–Trinajstić information content (AvgIpc) is 2.79. The number of hydrogen-bond acceptors (Lipinski definition) is 3. The van der Waals surface area contributed by atoms with Gasteiger partial charge in [0.05, 0.1) is 7.11 Å². The fraction of sp³-hybridized carbons (Fsp3) is 0.259. The number of aryl methyl sites for hydroxylation is 4. The number of amides is 2. The first-order valence-corrected chi connectivity index (χ1v) is 10.7. The van der Waals surface area contributed by atoms with Crippen molar-refractivity contribution < 1.29 is 14.3 Å². The first-order chi connectivity index (χ1) is 15.3. The first kappa shape index (κ1) is 21.6. The van der Waals surface area contributed by atoms with Crippen LogP contribution in [0.15, 0.2) is 60.7 Å². The molecule has 32 heavy (non-hydrogen) atoms. The molecule has 2 amide bonds. The summed E-state index contributed by atoms with van der Waals surface area (Å²) in [6.45, 7) is 8.09. The summed E-state index contributed by atoms with van der Waals surface area (Å²) < 4.78 is 5.28. The molecule has 1 aliphatic heterocycles. The Morgan fingerprint density at radius 2 is 1.31 bits per heavy atom. The van der Waals surface area contributed by atoms with Crippen LogP contribution in [0.2, 0.25) is 0 Å². The third-order valence-electron chi connectivity index (χ3n) is 6.32. The number of carbonyl (C=O) groups is 2. The highest BCUT2D eigenvalue weighted by atomic mass is 16.5. The van der Waals surface area contributed by atoms with Crippen LogP contribution in [-0.2, 0) is 9.59 Å². The molecule has 0 radical (unpaired) electrons. The Morgan fingerprint density at radius 1 is 0.750 bits per heavy atom. The van der Waals surface area contributed by atoms with Gasteiger partial charge in [-0.3, -0.25) is 14.5 Å². The summed E-state index contributed by atoms with van der Waals surface area (Å²) in [6.07, 6.45) is 0. The monoisotopic (exact) mass is 428 g/mol. The maximum absolute atomic E-state index is 13.9. The summed E-state index contributed by atoms with van der Waals surface area (Å²) in [6, 6.07) is 18.3. The molecule has 1 atom stereocenters. The van der Waals surface area contributed by atoms with Crippen LogP contribution in [0.1, 0.15) is 33.9 Å². The molecule has 1 heterocycles. The molecule has 3 aromatic carbocycles. The Morgan fingerprint density at radius 3 is 1.88 bits per heavy atom. The Bertz CT molecular complexity index is 1180. The predicted octanol–water partition coefficient (Wildman–Crippen LogP) is 5.05. The van der Waals surface area contributed by atoms with Gasteiger partial charge in [-0.2, -0.15) is 0 Å². The van der Waals surface area contributed by atoms with Crippen LogP contribution in [-0.4, -0.2) is 25.5 Å². The van der Waals surface area contributed by atoms with Gasteiger partial charge in [-0.15, -0.1) is 0 Å². The number of nitrogens with zero attached hydrogens (tertiary/aromatic N) is 2. The van der Waals surface area contributed by atoms with Crippen molar-refractivity contribution in [3.8, 4) is 5.75 Å². The zero-order valence-electron chi connectivity index (χ0n) is 19.2. The minimum Gasteiger partial charge on any atom is -0.497 e. The van der Waals surface area contributed by atoms with Gasteiger partial charge < -0.3 is 9.64 Å². The summed E-state index contributed by atoms with van der Waals surface area (Å²) in [4.78, 5) is 30.6. The molecular formula is C27H28N2O3. The molecule has 0 unspecified atom stereocenters. The highest BCUT2D eigenvalue weighted by molar-refractivity contribution is 6.14. The topological polar surface area (TPSA) is 49.9 Å². The number of carbonyl (C=O) groups excluding carboxylic acids is 2. The molecule has 4 rings (SSSR count). The maximum atomic E-state index is 13.9. The van der Waals surface area contributed by atoms with E-state index in [1.165, 1.54) is 0 Å². The van der Waals surface area contributed by atoms with Gasteiger partial charge in [0.25, 0.3) is 5.91 Å². The lowest BCUT2D eigenvalue weighted by molar-refractivity contribution is -0.128. The van der Waals surface area contributed by atoms with E-state index in [9.17, 15) is 9.59 Å². The Hall–Kier alpha value is -3.60. The number of piperazine rings is 1. The lowest BCUT2D eigenvalue weighted by Crippen LogP contribution is -2.56. The third kappa shape index (κ3) is 3.86. The van der Waals surface area contributed by atoms with E-state index in [-0.39, 0.29) is 18.4 Å². The van der Waals surface area contributed by atoms with Crippen LogP contribution in [0.25, 0.3) is 0 Å². The molecule has 0 bridgehead atoms. The van der Waals surface area contributed by atoms with Crippen LogP contribution >= 0.6 is 0 Å². The molecule has 1 saturated heterocycles. The summed E-state index contributed by atoms with van der Waals surface area (Å²) in [5.74, 6) is 0.454. The van der Waals surface area contributed by atoms with Crippen molar-refractivity contribution >= 4 is 23.2 Å². The summed E-state index contributed by atoms with van der Waals surface area (Å²) >= 11 is 0. The van der Waals surface area contributed by atoms with E-state index >= 15 is 0 Å². The number of methoxy groups -OCH3 is 1. The molecule has 0 saturated carbocycles. The van der Waals surface area contributed by atoms with Gasteiger partial charge >= 0.3 is 0 Å². The van der Waals surface area contributed by atoms with Gasteiger partial charge in [-0.25, -0.2) is 0 Å². The van der Waals surface area contributed by atoms with E-state index in [1.807, 2.05) is 88.4 Å². The normalized spacial score (nSPS) is 16.5. The minimum atomic E-state index is -0.758. The smallest absolute Gasteiger partial charge is 0.255 e. The van der Waals surface area contributed by atoms with Crippen molar-refractivity contribution in [3.63, 3.8) is 0 Å². The third-order valence-corrected chi connectivity index (χ3v) is 6.32. The van der Waals surface area contributed by atoms with E-state index < -0.39 is 6.04 Å². The number of ether oxygens (including phenoxy) is 1. The fourth-order valence-corrected chi connectivity index (χ4v) is 4.05. The lowest BCUT2D eigenvalue weighted by atomic mass is 9.98. The second kappa shape index (κ2) is 8.50. The summed E-state index contributed by atoms with van der Waals surface area (Å²) in [5.41, 5.74) is 6.66. The molecule has 0 aromatic heterocycles. The molecule has 3 aromatic rings. The zero-order valence-corrected chi connectivity index (χ0v) is 19.2. The zero-order chi connectivity index (χ0) is 23.0. The van der Waals surface area contributed by atoms with Gasteiger partial charge in [0.1, 0.15) is 18.3 Å². The highest BCUT2D eigenvalue weighted by Gasteiger charge is 2.42. The van der Waals surface area contributed by atoms with Crippen molar-refractivity contribution in [2.24, 2.45) is 0 Å². The Labute approximate surface area is 189 Å². The molecule has 0 N–H and O–H groups in total. The van der Waals surface area contributed by atoms with Crippen LogP contribution in [0, 0.1) is 27.7 Å². The summed E-state index contributed by atoms with van der Waals surface area (Å²) in [7, 11) is 1.60. The van der Waals surface area contributed by atoms with E-state index in [2.05, 4.69) is 0 Å². The fourth-order valence-electron chi connectivity index (χ4n) is 4.05. The largest absolute Gasteiger partial charge is 0.497 e.